The van der Waals surface area contributed by atoms with E-state index in [1.54, 1.807) is 25.6 Å². The van der Waals surface area contributed by atoms with Gasteiger partial charge >= 0.3 is 0 Å². The van der Waals surface area contributed by atoms with E-state index in [0.29, 0.717) is 35.1 Å². The Morgan fingerprint density at radius 1 is 1.12 bits per heavy atom. The summed E-state index contributed by atoms with van der Waals surface area (Å²) in [6.45, 7) is 6.86. The molecule has 0 unspecified atom stereocenters. The van der Waals surface area contributed by atoms with E-state index < -0.39 is 0 Å². The molecule has 1 saturated heterocycles. The molecule has 1 fully saturated rings. The highest BCUT2D eigenvalue weighted by Crippen LogP contribution is 2.36. The van der Waals surface area contributed by atoms with Crippen molar-refractivity contribution in [2.24, 2.45) is 5.92 Å². The van der Waals surface area contributed by atoms with Gasteiger partial charge in [0.1, 0.15) is 5.82 Å². The Balaban J connectivity index is 1.62. The average molecular weight is 458 g/mol. The summed E-state index contributed by atoms with van der Waals surface area (Å²) in [5.74, 6) is 3.65. The lowest BCUT2D eigenvalue weighted by Gasteiger charge is -2.22. The predicted molar refractivity (Wildman–Crippen MR) is 129 cm³/mol. The number of aromatic nitrogens is 3. The molecule has 0 amide bonds. The minimum atomic E-state index is 0.428. The van der Waals surface area contributed by atoms with Gasteiger partial charge in [0.05, 0.1) is 19.7 Å². The van der Waals surface area contributed by atoms with Crippen LogP contribution in [0.15, 0.2) is 18.3 Å². The molecular weight excluding hydrogens is 426 g/mol. The SMILES string of the molecule is COc1cc2nc(NCCC3CCOCC3)nc(Nc3ncc(C(C)C)s3)c2cc1OC. The smallest absolute Gasteiger partial charge is 0.225 e. The second-order valence-electron chi connectivity index (χ2n) is 8.24. The van der Waals surface area contributed by atoms with Crippen molar-refractivity contribution < 1.29 is 14.2 Å². The van der Waals surface area contributed by atoms with Crippen LogP contribution in [0.4, 0.5) is 16.9 Å². The number of nitrogens with zero attached hydrogens (tertiary/aromatic N) is 3. The van der Waals surface area contributed by atoms with Crippen molar-refractivity contribution in [3.8, 4) is 11.5 Å². The van der Waals surface area contributed by atoms with Crippen LogP contribution in [-0.4, -0.2) is 48.9 Å². The molecular formula is C23H31N5O3S. The summed E-state index contributed by atoms with van der Waals surface area (Å²) in [6, 6.07) is 3.78. The molecule has 0 aliphatic carbocycles. The molecule has 172 valence electrons. The van der Waals surface area contributed by atoms with E-state index in [4.69, 9.17) is 24.2 Å². The van der Waals surface area contributed by atoms with E-state index in [9.17, 15) is 0 Å². The summed E-state index contributed by atoms with van der Waals surface area (Å²) in [6.07, 6.45) is 5.22. The molecule has 3 aromatic rings. The van der Waals surface area contributed by atoms with Crippen LogP contribution in [0.25, 0.3) is 10.9 Å². The number of benzene rings is 1. The van der Waals surface area contributed by atoms with E-state index in [0.717, 1.165) is 55.1 Å². The quantitative estimate of drug-likeness (QED) is 0.453. The van der Waals surface area contributed by atoms with Crippen LogP contribution in [0.2, 0.25) is 0 Å². The number of hydrogen-bond acceptors (Lipinski definition) is 9. The molecule has 1 aliphatic heterocycles. The highest BCUT2D eigenvalue weighted by Gasteiger charge is 2.16. The van der Waals surface area contributed by atoms with E-state index >= 15 is 0 Å². The Morgan fingerprint density at radius 2 is 1.88 bits per heavy atom. The van der Waals surface area contributed by atoms with Gasteiger partial charge in [0, 0.05) is 42.3 Å². The fourth-order valence-electron chi connectivity index (χ4n) is 3.77. The molecule has 0 saturated carbocycles. The van der Waals surface area contributed by atoms with Gasteiger partial charge in [0.25, 0.3) is 0 Å². The zero-order valence-corrected chi connectivity index (χ0v) is 19.9. The minimum absolute atomic E-state index is 0.428. The van der Waals surface area contributed by atoms with Crippen LogP contribution in [0, 0.1) is 5.92 Å². The van der Waals surface area contributed by atoms with Crippen molar-refractivity contribution >= 4 is 39.1 Å². The number of fused-ring (bicyclic) bond motifs is 1. The van der Waals surface area contributed by atoms with E-state index in [1.807, 2.05) is 18.3 Å². The summed E-state index contributed by atoms with van der Waals surface area (Å²) >= 11 is 1.63. The standard InChI is InChI=1S/C23H31N5O3S/c1-14(2)20-13-25-23(32-20)28-21-16-11-18(29-3)19(30-4)12-17(16)26-22(27-21)24-8-5-15-6-9-31-10-7-15/h11-15H,5-10H2,1-4H3,(H2,24,25,26,27,28). The lowest BCUT2D eigenvalue weighted by Crippen LogP contribution is -2.19. The molecule has 2 aromatic heterocycles. The van der Waals surface area contributed by atoms with Gasteiger partial charge in [-0.3, -0.25) is 0 Å². The molecule has 32 heavy (non-hydrogen) atoms. The third-order valence-corrected chi connectivity index (χ3v) is 6.91. The molecule has 4 rings (SSSR count). The third kappa shape index (κ3) is 5.21. The molecule has 9 heteroatoms. The van der Waals surface area contributed by atoms with Crippen molar-refractivity contribution in [1.29, 1.82) is 0 Å². The molecule has 1 aromatic carbocycles. The van der Waals surface area contributed by atoms with Crippen LogP contribution in [0.1, 0.15) is 43.9 Å². The van der Waals surface area contributed by atoms with E-state index in [2.05, 4.69) is 29.5 Å². The van der Waals surface area contributed by atoms with Crippen LogP contribution >= 0.6 is 11.3 Å². The normalized spacial score (nSPS) is 14.7. The van der Waals surface area contributed by atoms with Gasteiger partial charge < -0.3 is 24.8 Å². The monoisotopic (exact) mass is 457 g/mol. The van der Waals surface area contributed by atoms with Crippen molar-refractivity contribution in [1.82, 2.24) is 15.0 Å². The van der Waals surface area contributed by atoms with Crippen LogP contribution in [-0.2, 0) is 4.74 Å². The highest BCUT2D eigenvalue weighted by atomic mass is 32.1. The maximum Gasteiger partial charge on any atom is 0.225 e. The Morgan fingerprint density at radius 3 is 2.56 bits per heavy atom. The number of anilines is 3. The fourth-order valence-corrected chi connectivity index (χ4v) is 4.58. The maximum atomic E-state index is 5.50. The van der Waals surface area contributed by atoms with Gasteiger partial charge in [0.15, 0.2) is 16.6 Å². The topological polar surface area (TPSA) is 90.4 Å². The number of methoxy groups -OCH3 is 2. The fraction of sp³-hybridized carbons (Fsp3) is 0.522. The lowest BCUT2D eigenvalue weighted by atomic mass is 9.97. The first-order valence-corrected chi connectivity index (χ1v) is 11.9. The number of hydrogen-bond donors (Lipinski definition) is 2. The zero-order valence-electron chi connectivity index (χ0n) is 19.1. The summed E-state index contributed by atoms with van der Waals surface area (Å²) in [5, 5.41) is 8.45. The number of nitrogens with one attached hydrogen (secondary N) is 2. The molecule has 1 aliphatic rings. The second-order valence-corrected chi connectivity index (χ2v) is 9.30. The molecule has 0 spiro atoms. The second kappa shape index (κ2) is 10.3. The number of ether oxygens (including phenoxy) is 3. The van der Waals surface area contributed by atoms with Gasteiger partial charge in [-0.1, -0.05) is 13.8 Å². The molecule has 0 radical (unpaired) electrons. The molecule has 3 heterocycles. The van der Waals surface area contributed by atoms with E-state index in [1.165, 1.54) is 4.88 Å². The molecule has 8 nitrogen and oxygen atoms in total. The van der Waals surface area contributed by atoms with Crippen LogP contribution < -0.4 is 20.1 Å². The first-order chi connectivity index (χ1) is 15.6. The van der Waals surface area contributed by atoms with Gasteiger partial charge in [0.2, 0.25) is 5.95 Å². The summed E-state index contributed by atoms with van der Waals surface area (Å²) in [7, 11) is 3.25. The number of thiazole rings is 1. The molecule has 2 N–H and O–H groups in total. The lowest BCUT2D eigenvalue weighted by molar-refractivity contribution is 0.0649. The largest absolute Gasteiger partial charge is 0.493 e. The van der Waals surface area contributed by atoms with Gasteiger partial charge in [-0.05, 0) is 37.2 Å². The predicted octanol–water partition coefficient (Wildman–Crippen LogP) is 5.20. The van der Waals surface area contributed by atoms with Crippen molar-refractivity contribution in [3.63, 3.8) is 0 Å². The van der Waals surface area contributed by atoms with Gasteiger partial charge in [-0.15, -0.1) is 11.3 Å². The van der Waals surface area contributed by atoms with Gasteiger partial charge in [-0.25, -0.2) is 9.97 Å². The third-order valence-electron chi connectivity index (χ3n) is 5.70. The first kappa shape index (κ1) is 22.5. The van der Waals surface area contributed by atoms with Crippen molar-refractivity contribution in [2.45, 2.75) is 39.0 Å². The van der Waals surface area contributed by atoms with Gasteiger partial charge in [-0.2, -0.15) is 4.98 Å². The summed E-state index contributed by atoms with van der Waals surface area (Å²) in [5.41, 5.74) is 0.773. The van der Waals surface area contributed by atoms with Crippen molar-refractivity contribution in [3.05, 3.63) is 23.2 Å². The maximum absolute atomic E-state index is 5.50. The van der Waals surface area contributed by atoms with Crippen LogP contribution in [0.5, 0.6) is 11.5 Å². The van der Waals surface area contributed by atoms with E-state index in [-0.39, 0.29) is 0 Å². The summed E-state index contributed by atoms with van der Waals surface area (Å²) < 4.78 is 16.4. The Bertz CT molecular complexity index is 1050. The molecule has 0 atom stereocenters. The molecule has 0 bridgehead atoms. The zero-order chi connectivity index (χ0) is 22.5. The Kier molecular flexibility index (Phi) is 7.26. The summed E-state index contributed by atoms with van der Waals surface area (Å²) in [4.78, 5) is 15.3. The highest BCUT2D eigenvalue weighted by molar-refractivity contribution is 7.15. The average Bonchev–Trinajstić information content (AvgIpc) is 3.28. The number of rotatable bonds is 9. The minimum Gasteiger partial charge on any atom is -0.493 e. The Hall–Kier alpha value is -2.65. The first-order valence-electron chi connectivity index (χ1n) is 11.1. The van der Waals surface area contributed by atoms with Crippen LogP contribution in [0.3, 0.4) is 0 Å². The Labute approximate surface area is 192 Å². The van der Waals surface area contributed by atoms with Crippen molar-refractivity contribution in [2.75, 3.05) is 44.6 Å².